The summed E-state index contributed by atoms with van der Waals surface area (Å²) in [5, 5.41) is 12.8. The quantitative estimate of drug-likeness (QED) is 0.388. The van der Waals surface area contributed by atoms with Gasteiger partial charge in [-0.1, -0.05) is 11.6 Å². The van der Waals surface area contributed by atoms with Crippen LogP contribution in [-0.4, -0.2) is 36.6 Å². The van der Waals surface area contributed by atoms with Crippen LogP contribution in [0.4, 0.5) is 0 Å². The van der Waals surface area contributed by atoms with Gasteiger partial charge in [0.1, 0.15) is 23.2 Å². The normalized spacial score (nSPS) is 11.2. The van der Waals surface area contributed by atoms with Gasteiger partial charge in [-0.25, -0.2) is 9.36 Å². The Labute approximate surface area is 199 Å². The molecule has 1 aromatic carbocycles. The number of nitrogens with one attached hydrogen (secondary N) is 1. The van der Waals surface area contributed by atoms with Gasteiger partial charge in [0.15, 0.2) is 5.82 Å². The predicted molar refractivity (Wildman–Crippen MR) is 128 cm³/mol. The highest BCUT2D eigenvalue weighted by Gasteiger charge is 2.22. The number of hydrogen-bond acceptors (Lipinski definition) is 5. The maximum absolute atomic E-state index is 13.5. The molecule has 5 aromatic rings. The van der Waals surface area contributed by atoms with E-state index in [1.54, 1.807) is 36.1 Å². The molecule has 0 radical (unpaired) electrons. The maximum atomic E-state index is 13.5. The molecule has 172 valence electrons. The number of furan rings is 1. The highest BCUT2D eigenvalue weighted by molar-refractivity contribution is 6.30. The second-order valence-electron chi connectivity index (χ2n) is 7.75. The summed E-state index contributed by atoms with van der Waals surface area (Å²) in [4.78, 5) is 26.0. The monoisotopic (exact) mass is 476 g/mol. The molecule has 0 saturated heterocycles. The Bertz CT molecular complexity index is 1500. The van der Waals surface area contributed by atoms with Crippen molar-refractivity contribution in [1.29, 1.82) is 0 Å². The van der Waals surface area contributed by atoms with E-state index in [0.717, 1.165) is 11.4 Å². The topological polar surface area (TPSA) is 99.9 Å². The number of benzene rings is 1. The average molecular weight is 477 g/mol. The van der Waals surface area contributed by atoms with Gasteiger partial charge in [0.25, 0.3) is 5.56 Å². The number of halogens is 1. The van der Waals surface area contributed by atoms with E-state index in [2.05, 4.69) is 10.4 Å². The maximum Gasteiger partial charge on any atom is 0.280 e. The number of nitrogens with zero attached hydrogens (tertiary/aromatic N) is 5. The van der Waals surface area contributed by atoms with Crippen molar-refractivity contribution < 1.29 is 9.21 Å². The third-order valence-electron chi connectivity index (χ3n) is 5.41. The van der Waals surface area contributed by atoms with Gasteiger partial charge in [-0.3, -0.25) is 9.59 Å². The summed E-state index contributed by atoms with van der Waals surface area (Å²) in [6, 6.07) is 14.6. The number of aryl methyl sites for hydroxylation is 1. The van der Waals surface area contributed by atoms with E-state index in [4.69, 9.17) is 21.1 Å². The minimum absolute atomic E-state index is 0.203. The molecule has 0 bridgehead atoms. The number of carbonyl (C=O) groups is 1. The Hall–Kier alpha value is -4.11. The van der Waals surface area contributed by atoms with Crippen molar-refractivity contribution in [2.75, 3.05) is 6.54 Å². The summed E-state index contributed by atoms with van der Waals surface area (Å²) in [7, 11) is 0. The van der Waals surface area contributed by atoms with Crippen LogP contribution in [0.15, 0.2) is 76.4 Å². The second kappa shape index (κ2) is 9.03. The standard InChI is InChI=1S/C24H21ClN6O3/c1-16-22-21(24(33)30(27-16)15-20(32)26-11-10-19-5-4-14-34-19)23(29-12-2-3-13-29)31(28-22)18-8-6-17(25)7-9-18/h2-9,12-14H,10-11,15H2,1H3,(H,26,32). The summed E-state index contributed by atoms with van der Waals surface area (Å²) in [5.41, 5.74) is 1.35. The van der Waals surface area contributed by atoms with Crippen molar-refractivity contribution >= 4 is 28.4 Å². The Kier molecular flexibility index (Phi) is 5.77. The minimum atomic E-state index is -0.398. The van der Waals surface area contributed by atoms with Crippen LogP contribution in [-0.2, 0) is 17.8 Å². The van der Waals surface area contributed by atoms with E-state index >= 15 is 0 Å². The highest BCUT2D eigenvalue weighted by atomic mass is 35.5. The molecular formula is C24H21ClN6O3. The molecule has 0 saturated carbocycles. The van der Waals surface area contributed by atoms with Crippen LogP contribution in [0.1, 0.15) is 11.5 Å². The van der Waals surface area contributed by atoms with Crippen molar-refractivity contribution in [2.45, 2.75) is 19.9 Å². The molecule has 1 N–H and O–H groups in total. The Morgan fingerprint density at radius 2 is 1.85 bits per heavy atom. The molecule has 5 rings (SSSR count). The zero-order chi connectivity index (χ0) is 23.7. The van der Waals surface area contributed by atoms with Crippen LogP contribution in [0.5, 0.6) is 0 Å². The lowest BCUT2D eigenvalue weighted by atomic mass is 10.2. The molecule has 0 fully saturated rings. The second-order valence-corrected chi connectivity index (χ2v) is 8.19. The number of aromatic nitrogens is 5. The fourth-order valence-corrected chi connectivity index (χ4v) is 3.94. The van der Waals surface area contributed by atoms with Crippen LogP contribution in [0, 0.1) is 6.92 Å². The van der Waals surface area contributed by atoms with Crippen LogP contribution >= 0.6 is 11.6 Å². The van der Waals surface area contributed by atoms with E-state index in [0.29, 0.717) is 40.4 Å². The Balaban J connectivity index is 1.53. The average Bonchev–Trinajstić information content (AvgIpc) is 3.58. The molecule has 9 nitrogen and oxygen atoms in total. The van der Waals surface area contributed by atoms with Crippen molar-refractivity contribution in [3.8, 4) is 11.5 Å². The molecule has 0 aliphatic heterocycles. The zero-order valence-corrected chi connectivity index (χ0v) is 19.1. The molecule has 10 heteroatoms. The van der Waals surface area contributed by atoms with Crippen molar-refractivity contribution in [3.63, 3.8) is 0 Å². The third-order valence-corrected chi connectivity index (χ3v) is 5.66. The summed E-state index contributed by atoms with van der Waals surface area (Å²) in [6.45, 7) is 1.96. The molecule has 4 heterocycles. The molecule has 0 spiro atoms. The first-order valence-electron chi connectivity index (χ1n) is 10.7. The predicted octanol–water partition coefficient (Wildman–Crippen LogP) is 3.29. The number of hydrogen-bond donors (Lipinski definition) is 1. The number of rotatable bonds is 7. The van der Waals surface area contributed by atoms with Crippen molar-refractivity contribution in [2.24, 2.45) is 0 Å². The SMILES string of the molecule is Cc1nn(CC(=O)NCCc2ccco2)c(=O)c2c(-n3cccc3)n(-c3ccc(Cl)cc3)nc12. The largest absolute Gasteiger partial charge is 0.469 e. The van der Waals surface area contributed by atoms with Crippen LogP contribution in [0.3, 0.4) is 0 Å². The fourth-order valence-electron chi connectivity index (χ4n) is 3.82. The molecule has 34 heavy (non-hydrogen) atoms. The van der Waals surface area contributed by atoms with Gasteiger partial charge in [-0.2, -0.15) is 10.2 Å². The molecule has 0 aliphatic carbocycles. The highest BCUT2D eigenvalue weighted by Crippen LogP contribution is 2.25. The van der Waals surface area contributed by atoms with Crippen molar-refractivity contribution in [1.82, 2.24) is 29.4 Å². The van der Waals surface area contributed by atoms with E-state index in [1.807, 2.05) is 47.3 Å². The van der Waals surface area contributed by atoms with Gasteiger partial charge in [-0.15, -0.1) is 0 Å². The lowest BCUT2D eigenvalue weighted by Crippen LogP contribution is -2.35. The van der Waals surface area contributed by atoms with E-state index in [9.17, 15) is 9.59 Å². The van der Waals surface area contributed by atoms with Gasteiger partial charge in [0.2, 0.25) is 5.91 Å². The van der Waals surface area contributed by atoms with Gasteiger partial charge >= 0.3 is 0 Å². The summed E-state index contributed by atoms with van der Waals surface area (Å²) in [6.07, 6.45) is 5.82. The molecule has 0 unspecified atom stereocenters. The fraction of sp³-hybridized carbons (Fsp3) is 0.167. The lowest BCUT2D eigenvalue weighted by Gasteiger charge is -2.10. The van der Waals surface area contributed by atoms with Crippen LogP contribution < -0.4 is 10.9 Å². The van der Waals surface area contributed by atoms with E-state index in [1.165, 1.54) is 4.68 Å². The van der Waals surface area contributed by atoms with Crippen LogP contribution in [0.25, 0.3) is 22.4 Å². The molecule has 0 aliphatic rings. The molecule has 1 amide bonds. The smallest absolute Gasteiger partial charge is 0.280 e. The molecule has 4 aromatic heterocycles. The third kappa shape index (κ3) is 4.13. The summed E-state index contributed by atoms with van der Waals surface area (Å²) in [5.74, 6) is 1.02. The Morgan fingerprint density at radius 3 is 2.56 bits per heavy atom. The van der Waals surface area contributed by atoms with Crippen LogP contribution in [0.2, 0.25) is 5.02 Å². The first kappa shape index (κ1) is 21.7. The summed E-state index contributed by atoms with van der Waals surface area (Å²) >= 11 is 6.06. The molecular weight excluding hydrogens is 456 g/mol. The summed E-state index contributed by atoms with van der Waals surface area (Å²) < 4.78 is 9.96. The van der Waals surface area contributed by atoms with Gasteiger partial charge in [-0.05, 0) is 55.5 Å². The minimum Gasteiger partial charge on any atom is -0.469 e. The number of fused-ring (bicyclic) bond motifs is 1. The first-order valence-corrected chi connectivity index (χ1v) is 11.1. The van der Waals surface area contributed by atoms with Gasteiger partial charge in [0, 0.05) is 30.4 Å². The first-order chi connectivity index (χ1) is 16.5. The van der Waals surface area contributed by atoms with E-state index in [-0.39, 0.29) is 12.5 Å². The van der Waals surface area contributed by atoms with Gasteiger partial charge < -0.3 is 14.3 Å². The van der Waals surface area contributed by atoms with Crippen molar-refractivity contribution in [3.05, 3.63) is 94.0 Å². The number of carbonyl (C=O) groups excluding carboxylic acids is 1. The zero-order valence-electron chi connectivity index (χ0n) is 18.3. The molecule has 0 atom stereocenters. The number of amides is 1. The van der Waals surface area contributed by atoms with E-state index < -0.39 is 5.56 Å². The van der Waals surface area contributed by atoms with Gasteiger partial charge in [0.05, 0.1) is 17.6 Å². The lowest BCUT2D eigenvalue weighted by molar-refractivity contribution is -0.121. The Morgan fingerprint density at radius 1 is 1.09 bits per heavy atom.